The molecule has 1 aliphatic carbocycles. The van der Waals surface area contributed by atoms with Crippen LogP contribution in [0.25, 0.3) is 0 Å². The lowest BCUT2D eigenvalue weighted by molar-refractivity contribution is -0.118. The lowest BCUT2D eigenvalue weighted by Crippen LogP contribution is -2.39. The summed E-state index contributed by atoms with van der Waals surface area (Å²) in [6, 6.07) is 9.81. The smallest absolute Gasteiger partial charge is 0.244 e. The van der Waals surface area contributed by atoms with Crippen molar-refractivity contribution in [1.82, 2.24) is 5.32 Å². The van der Waals surface area contributed by atoms with Crippen LogP contribution in [0.1, 0.15) is 24.8 Å². The minimum absolute atomic E-state index is 0.0202. The van der Waals surface area contributed by atoms with Crippen LogP contribution in [-0.4, -0.2) is 24.5 Å². The molecule has 0 spiro atoms. The number of nitrogens with zero attached hydrogens (tertiary/aromatic N) is 2. The molecule has 1 amide bonds. The summed E-state index contributed by atoms with van der Waals surface area (Å²) < 4.78 is 0. The molecule has 1 atom stereocenters. The van der Waals surface area contributed by atoms with Crippen molar-refractivity contribution in [2.75, 3.05) is 11.4 Å². The number of rotatable bonds is 3. The Balaban J connectivity index is 1.72. The molecule has 4 nitrogen and oxygen atoms in total. The normalized spacial score (nSPS) is 23.2. The second-order valence-corrected chi connectivity index (χ2v) is 4.93. The van der Waals surface area contributed by atoms with Gasteiger partial charge in [0.05, 0.1) is 17.7 Å². The predicted molar refractivity (Wildman–Crippen MR) is 68.1 cm³/mol. The van der Waals surface area contributed by atoms with Crippen LogP contribution in [0.15, 0.2) is 24.3 Å². The SMILES string of the molecule is N#Cc1ccc(N2CCC(NC3CC3)C2=O)cc1. The lowest BCUT2D eigenvalue weighted by atomic mass is 10.2. The molecule has 1 saturated heterocycles. The first kappa shape index (κ1) is 11.2. The van der Waals surface area contributed by atoms with Crippen LogP contribution in [0.2, 0.25) is 0 Å². The van der Waals surface area contributed by atoms with Crippen molar-refractivity contribution in [3.8, 4) is 6.07 Å². The number of hydrogen-bond acceptors (Lipinski definition) is 3. The first-order valence-electron chi connectivity index (χ1n) is 6.35. The van der Waals surface area contributed by atoms with E-state index in [1.807, 2.05) is 12.1 Å². The zero-order valence-electron chi connectivity index (χ0n) is 10.1. The third-order valence-electron chi connectivity index (χ3n) is 3.53. The van der Waals surface area contributed by atoms with E-state index in [2.05, 4.69) is 11.4 Å². The van der Waals surface area contributed by atoms with Crippen molar-refractivity contribution >= 4 is 11.6 Å². The van der Waals surface area contributed by atoms with Gasteiger partial charge in [-0.25, -0.2) is 0 Å². The Hall–Kier alpha value is -1.86. The molecule has 2 fully saturated rings. The summed E-state index contributed by atoms with van der Waals surface area (Å²) >= 11 is 0. The van der Waals surface area contributed by atoms with E-state index >= 15 is 0 Å². The predicted octanol–water partition coefficient (Wildman–Crippen LogP) is 1.42. The van der Waals surface area contributed by atoms with E-state index in [0.29, 0.717) is 11.6 Å². The van der Waals surface area contributed by atoms with Gasteiger partial charge in [0.2, 0.25) is 5.91 Å². The molecular formula is C14H15N3O. The molecule has 0 radical (unpaired) electrons. The molecule has 4 heteroatoms. The quantitative estimate of drug-likeness (QED) is 0.870. The molecule has 1 N–H and O–H groups in total. The van der Waals surface area contributed by atoms with E-state index in [1.54, 1.807) is 17.0 Å². The number of benzene rings is 1. The van der Waals surface area contributed by atoms with Crippen LogP contribution in [0.5, 0.6) is 0 Å². The molecule has 0 aromatic heterocycles. The van der Waals surface area contributed by atoms with Gasteiger partial charge in [-0.05, 0) is 43.5 Å². The average molecular weight is 241 g/mol. The molecule has 1 unspecified atom stereocenters. The number of nitriles is 1. The van der Waals surface area contributed by atoms with Gasteiger partial charge in [0.1, 0.15) is 0 Å². The molecule has 1 aromatic carbocycles. The fraction of sp³-hybridized carbons (Fsp3) is 0.429. The number of anilines is 1. The Morgan fingerprint density at radius 2 is 1.94 bits per heavy atom. The summed E-state index contributed by atoms with van der Waals surface area (Å²) in [5.41, 5.74) is 1.51. The van der Waals surface area contributed by atoms with Gasteiger partial charge < -0.3 is 10.2 Å². The van der Waals surface area contributed by atoms with Gasteiger partial charge in [-0.15, -0.1) is 0 Å². The topological polar surface area (TPSA) is 56.1 Å². The van der Waals surface area contributed by atoms with Crippen molar-refractivity contribution in [3.05, 3.63) is 29.8 Å². The fourth-order valence-electron chi connectivity index (χ4n) is 2.34. The Labute approximate surface area is 106 Å². The summed E-state index contributed by atoms with van der Waals surface area (Å²) in [7, 11) is 0. The number of carbonyl (C=O) groups is 1. The van der Waals surface area contributed by atoms with Gasteiger partial charge in [-0.2, -0.15) is 5.26 Å². The fourth-order valence-corrected chi connectivity index (χ4v) is 2.34. The van der Waals surface area contributed by atoms with Crippen LogP contribution in [0.3, 0.4) is 0 Å². The molecule has 1 aromatic rings. The standard InChI is InChI=1S/C14H15N3O/c15-9-10-1-5-12(6-2-10)17-8-7-13(14(17)18)16-11-3-4-11/h1-2,5-6,11,13,16H,3-4,7-8H2. The highest BCUT2D eigenvalue weighted by atomic mass is 16.2. The summed E-state index contributed by atoms with van der Waals surface area (Å²) in [5, 5.41) is 12.1. The third kappa shape index (κ3) is 2.09. The van der Waals surface area contributed by atoms with Crippen LogP contribution < -0.4 is 10.2 Å². The van der Waals surface area contributed by atoms with Crippen LogP contribution in [0, 0.1) is 11.3 Å². The maximum absolute atomic E-state index is 12.2. The highest BCUT2D eigenvalue weighted by molar-refractivity contribution is 5.99. The molecule has 3 rings (SSSR count). The van der Waals surface area contributed by atoms with Crippen LogP contribution in [0.4, 0.5) is 5.69 Å². The number of hydrogen-bond donors (Lipinski definition) is 1. The van der Waals surface area contributed by atoms with E-state index in [9.17, 15) is 4.79 Å². The Kier molecular flexibility index (Phi) is 2.77. The van der Waals surface area contributed by atoms with Crippen molar-refractivity contribution < 1.29 is 4.79 Å². The van der Waals surface area contributed by atoms with Crippen molar-refractivity contribution in [2.45, 2.75) is 31.3 Å². The van der Waals surface area contributed by atoms with Crippen LogP contribution >= 0.6 is 0 Å². The Morgan fingerprint density at radius 1 is 1.22 bits per heavy atom. The average Bonchev–Trinajstić information content (AvgIpc) is 3.15. The van der Waals surface area contributed by atoms with Crippen LogP contribution in [-0.2, 0) is 4.79 Å². The largest absolute Gasteiger partial charge is 0.311 e. The van der Waals surface area contributed by atoms with Crippen molar-refractivity contribution in [2.24, 2.45) is 0 Å². The molecule has 1 saturated carbocycles. The summed E-state index contributed by atoms with van der Waals surface area (Å²) in [6.07, 6.45) is 3.26. The first-order chi connectivity index (χ1) is 8.78. The van der Waals surface area contributed by atoms with Gasteiger partial charge in [0.15, 0.2) is 0 Å². The molecular weight excluding hydrogens is 226 g/mol. The molecule has 0 bridgehead atoms. The molecule has 1 aliphatic heterocycles. The zero-order chi connectivity index (χ0) is 12.5. The summed E-state index contributed by atoms with van der Waals surface area (Å²) in [6.45, 7) is 0.759. The third-order valence-corrected chi connectivity index (χ3v) is 3.53. The second-order valence-electron chi connectivity index (χ2n) is 4.93. The number of carbonyl (C=O) groups excluding carboxylic acids is 1. The van der Waals surface area contributed by atoms with E-state index < -0.39 is 0 Å². The zero-order valence-corrected chi connectivity index (χ0v) is 10.1. The second kappa shape index (κ2) is 4.43. The van der Waals surface area contributed by atoms with Gasteiger partial charge in [0.25, 0.3) is 0 Å². The van der Waals surface area contributed by atoms with E-state index in [1.165, 1.54) is 12.8 Å². The Morgan fingerprint density at radius 3 is 2.56 bits per heavy atom. The Bertz CT molecular complexity index is 499. The number of nitrogens with one attached hydrogen (secondary N) is 1. The van der Waals surface area contributed by atoms with Gasteiger partial charge in [-0.1, -0.05) is 0 Å². The molecule has 2 aliphatic rings. The minimum Gasteiger partial charge on any atom is -0.311 e. The van der Waals surface area contributed by atoms with E-state index in [4.69, 9.17) is 5.26 Å². The molecule has 92 valence electrons. The maximum atomic E-state index is 12.2. The maximum Gasteiger partial charge on any atom is 0.244 e. The summed E-state index contributed by atoms with van der Waals surface area (Å²) in [5.74, 6) is 0.159. The van der Waals surface area contributed by atoms with Gasteiger partial charge in [0, 0.05) is 18.3 Å². The minimum atomic E-state index is -0.0202. The van der Waals surface area contributed by atoms with Crippen molar-refractivity contribution in [1.29, 1.82) is 5.26 Å². The number of amides is 1. The highest BCUT2D eigenvalue weighted by Crippen LogP contribution is 2.25. The lowest BCUT2D eigenvalue weighted by Gasteiger charge is -2.17. The highest BCUT2D eigenvalue weighted by Gasteiger charge is 2.36. The monoisotopic (exact) mass is 241 g/mol. The molecule has 18 heavy (non-hydrogen) atoms. The molecule has 1 heterocycles. The van der Waals surface area contributed by atoms with E-state index in [0.717, 1.165) is 18.7 Å². The summed E-state index contributed by atoms with van der Waals surface area (Å²) in [4.78, 5) is 14.0. The van der Waals surface area contributed by atoms with Crippen molar-refractivity contribution in [3.63, 3.8) is 0 Å². The van der Waals surface area contributed by atoms with Gasteiger partial charge >= 0.3 is 0 Å². The first-order valence-corrected chi connectivity index (χ1v) is 6.35. The van der Waals surface area contributed by atoms with E-state index in [-0.39, 0.29) is 11.9 Å². The van der Waals surface area contributed by atoms with Gasteiger partial charge in [-0.3, -0.25) is 4.79 Å².